The quantitative estimate of drug-likeness (QED) is 0.192. The Morgan fingerprint density at radius 3 is 1.39 bits per heavy atom. The molecule has 3 nitrogen and oxygen atoms in total. The number of hydrogen-bond acceptors (Lipinski definition) is 3. The van der Waals surface area contributed by atoms with Gasteiger partial charge in [0.05, 0.1) is 19.4 Å². The van der Waals surface area contributed by atoms with Crippen LogP contribution < -0.4 is 0 Å². The van der Waals surface area contributed by atoms with Crippen molar-refractivity contribution in [3.05, 3.63) is 0 Å². The first-order valence-corrected chi connectivity index (χ1v) is 11.8. The molecule has 0 heterocycles. The van der Waals surface area contributed by atoms with Crippen LogP contribution in [0.5, 0.6) is 0 Å². The lowest BCUT2D eigenvalue weighted by Gasteiger charge is -2.18. The summed E-state index contributed by atoms with van der Waals surface area (Å²) in [5.74, 6) is 0. The summed E-state index contributed by atoms with van der Waals surface area (Å²) in [5.41, 5.74) is 0. The van der Waals surface area contributed by atoms with E-state index in [1.54, 1.807) is 0 Å². The summed E-state index contributed by atoms with van der Waals surface area (Å²) in [6, 6.07) is 0. The van der Waals surface area contributed by atoms with Crippen LogP contribution in [-0.4, -0.2) is 19.4 Å². The third-order valence-corrected chi connectivity index (χ3v) is 6.12. The molecule has 0 bridgehead atoms. The van der Waals surface area contributed by atoms with Crippen molar-refractivity contribution in [2.24, 2.45) is 0 Å². The Bertz CT molecular complexity index is 282. The highest BCUT2D eigenvalue weighted by molar-refractivity contribution is 7.53. The minimum absolute atomic E-state index is 0.578. The van der Waals surface area contributed by atoms with Gasteiger partial charge in [-0.25, -0.2) is 0 Å². The topological polar surface area (TPSA) is 35.5 Å². The standard InChI is InChI=1S/C19H41O3P/c1-4-7-10-12-14-16-18-22-23(20,19-9-6-3)21-17-15-13-11-8-5-2/h4-19H2,1-3H3. The largest absolute Gasteiger partial charge is 0.330 e. The van der Waals surface area contributed by atoms with Crippen molar-refractivity contribution in [2.45, 2.75) is 104 Å². The first-order valence-electron chi connectivity index (χ1n) is 10.1. The summed E-state index contributed by atoms with van der Waals surface area (Å²) in [6.07, 6.45) is 15.8. The average molecular weight is 349 g/mol. The molecule has 23 heavy (non-hydrogen) atoms. The zero-order valence-corrected chi connectivity index (χ0v) is 16.9. The van der Waals surface area contributed by atoms with Crippen LogP contribution in [0.15, 0.2) is 0 Å². The molecule has 4 heteroatoms. The van der Waals surface area contributed by atoms with Crippen molar-refractivity contribution in [3.8, 4) is 0 Å². The van der Waals surface area contributed by atoms with Crippen LogP contribution in [0.2, 0.25) is 0 Å². The molecule has 0 aromatic heterocycles. The summed E-state index contributed by atoms with van der Waals surface area (Å²) in [6.45, 7) is 7.73. The Kier molecular flexibility index (Phi) is 17.1. The van der Waals surface area contributed by atoms with E-state index in [-0.39, 0.29) is 0 Å². The van der Waals surface area contributed by atoms with Crippen LogP contribution in [0, 0.1) is 0 Å². The Hall–Kier alpha value is 0.150. The molecule has 0 amide bonds. The molecule has 0 aliphatic rings. The highest BCUT2D eigenvalue weighted by Crippen LogP contribution is 2.49. The third-order valence-electron chi connectivity index (χ3n) is 4.11. The zero-order chi connectivity index (χ0) is 17.2. The van der Waals surface area contributed by atoms with Crippen LogP contribution in [0.3, 0.4) is 0 Å². The minimum Gasteiger partial charge on any atom is -0.309 e. The number of rotatable bonds is 18. The molecule has 1 atom stereocenters. The van der Waals surface area contributed by atoms with Crippen LogP contribution in [-0.2, 0) is 13.6 Å². The van der Waals surface area contributed by atoms with E-state index in [0.717, 1.165) is 25.7 Å². The molecule has 0 aliphatic heterocycles. The van der Waals surface area contributed by atoms with Gasteiger partial charge in [-0.05, 0) is 19.3 Å². The van der Waals surface area contributed by atoms with Crippen LogP contribution in [0.4, 0.5) is 0 Å². The van der Waals surface area contributed by atoms with Gasteiger partial charge in [-0.1, -0.05) is 85.0 Å². The molecule has 140 valence electrons. The lowest BCUT2D eigenvalue weighted by atomic mass is 10.1. The van der Waals surface area contributed by atoms with E-state index in [2.05, 4.69) is 20.8 Å². The highest BCUT2D eigenvalue weighted by atomic mass is 31.2. The average Bonchev–Trinajstić information content (AvgIpc) is 2.55. The molecule has 0 aliphatic carbocycles. The molecule has 0 aromatic carbocycles. The van der Waals surface area contributed by atoms with Gasteiger partial charge in [0.1, 0.15) is 0 Å². The van der Waals surface area contributed by atoms with Gasteiger partial charge in [0.25, 0.3) is 0 Å². The lowest BCUT2D eigenvalue weighted by Crippen LogP contribution is -2.03. The van der Waals surface area contributed by atoms with Gasteiger partial charge in [-0.3, -0.25) is 4.57 Å². The van der Waals surface area contributed by atoms with E-state index in [4.69, 9.17) is 9.05 Å². The molecule has 0 aromatic rings. The Morgan fingerprint density at radius 1 is 0.565 bits per heavy atom. The first-order chi connectivity index (χ1) is 11.2. The van der Waals surface area contributed by atoms with E-state index in [1.807, 2.05) is 0 Å². The fraction of sp³-hybridized carbons (Fsp3) is 1.00. The SMILES string of the molecule is CCCCCCCCOP(=O)(CCCC)OCCCCCCC. The Labute approximate surface area is 145 Å². The van der Waals surface area contributed by atoms with Crippen LogP contribution in [0.1, 0.15) is 104 Å². The van der Waals surface area contributed by atoms with Gasteiger partial charge in [-0.2, -0.15) is 0 Å². The maximum atomic E-state index is 12.8. The van der Waals surface area contributed by atoms with Crippen LogP contribution in [0.25, 0.3) is 0 Å². The van der Waals surface area contributed by atoms with E-state index in [1.165, 1.54) is 57.8 Å². The van der Waals surface area contributed by atoms with E-state index >= 15 is 0 Å². The highest BCUT2D eigenvalue weighted by Gasteiger charge is 2.23. The molecular weight excluding hydrogens is 307 g/mol. The number of unbranched alkanes of at least 4 members (excludes halogenated alkanes) is 10. The van der Waals surface area contributed by atoms with Crippen molar-refractivity contribution in [2.75, 3.05) is 19.4 Å². The maximum Gasteiger partial charge on any atom is 0.330 e. The molecule has 0 radical (unpaired) electrons. The summed E-state index contributed by atoms with van der Waals surface area (Å²) in [4.78, 5) is 0. The van der Waals surface area contributed by atoms with Gasteiger partial charge < -0.3 is 9.05 Å². The minimum atomic E-state index is -2.85. The normalized spacial score (nSPS) is 14.0. The Morgan fingerprint density at radius 2 is 0.957 bits per heavy atom. The second kappa shape index (κ2) is 17.0. The number of hydrogen-bond donors (Lipinski definition) is 0. The zero-order valence-electron chi connectivity index (χ0n) is 16.0. The van der Waals surface area contributed by atoms with Crippen molar-refractivity contribution < 1.29 is 13.6 Å². The molecule has 0 saturated carbocycles. The summed E-state index contributed by atoms with van der Waals surface area (Å²) < 4.78 is 24.1. The van der Waals surface area contributed by atoms with Crippen LogP contribution >= 0.6 is 7.60 Å². The maximum absolute atomic E-state index is 12.8. The van der Waals surface area contributed by atoms with Crippen molar-refractivity contribution >= 4 is 7.60 Å². The summed E-state index contributed by atoms with van der Waals surface area (Å²) in [7, 11) is -2.85. The summed E-state index contributed by atoms with van der Waals surface area (Å²) >= 11 is 0. The monoisotopic (exact) mass is 348 g/mol. The molecule has 0 N–H and O–H groups in total. The van der Waals surface area contributed by atoms with Crippen molar-refractivity contribution in [1.82, 2.24) is 0 Å². The fourth-order valence-corrected chi connectivity index (χ4v) is 4.36. The molecule has 0 spiro atoms. The third kappa shape index (κ3) is 15.4. The predicted molar refractivity (Wildman–Crippen MR) is 101 cm³/mol. The summed E-state index contributed by atoms with van der Waals surface area (Å²) in [5, 5.41) is 0. The molecule has 1 unspecified atom stereocenters. The molecular formula is C19H41O3P. The van der Waals surface area contributed by atoms with Gasteiger partial charge in [0.15, 0.2) is 0 Å². The van der Waals surface area contributed by atoms with Gasteiger partial charge in [0.2, 0.25) is 0 Å². The predicted octanol–water partition coefficient (Wildman–Crippen LogP) is 7.34. The molecule has 0 fully saturated rings. The Balaban J connectivity index is 3.85. The molecule has 0 rings (SSSR count). The van der Waals surface area contributed by atoms with E-state index < -0.39 is 7.60 Å². The van der Waals surface area contributed by atoms with Gasteiger partial charge >= 0.3 is 7.60 Å². The second-order valence-corrected chi connectivity index (χ2v) is 8.72. The van der Waals surface area contributed by atoms with Gasteiger partial charge in [0, 0.05) is 0 Å². The smallest absolute Gasteiger partial charge is 0.309 e. The lowest BCUT2D eigenvalue weighted by molar-refractivity contribution is 0.197. The van der Waals surface area contributed by atoms with E-state index in [0.29, 0.717) is 19.4 Å². The van der Waals surface area contributed by atoms with E-state index in [9.17, 15) is 4.57 Å². The molecule has 0 saturated heterocycles. The van der Waals surface area contributed by atoms with Gasteiger partial charge in [-0.15, -0.1) is 0 Å². The van der Waals surface area contributed by atoms with Crippen molar-refractivity contribution in [3.63, 3.8) is 0 Å². The fourth-order valence-electron chi connectivity index (χ4n) is 2.51. The van der Waals surface area contributed by atoms with Crippen molar-refractivity contribution in [1.29, 1.82) is 0 Å². The first kappa shape index (κ1) is 23.1. The second-order valence-electron chi connectivity index (χ2n) is 6.54.